The van der Waals surface area contributed by atoms with E-state index < -0.39 is 10.0 Å². The lowest BCUT2D eigenvalue weighted by Gasteiger charge is -2.23. The summed E-state index contributed by atoms with van der Waals surface area (Å²) in [6.07, 6.45) is 0.821. The first-order valence-electron chi connectivity index (χ1n) is 11.0. The van der Waals surface area contributed by atoms with Crippen molar-refractivity contribution < 1.29 is 17.9 Å². The van der Waals surface area contributed by atoms with Crippen LogP contribution in [0.25, 0.3) is 10.1 Å². The molecule has 1 heterocycles. The number of aryl methyl sites for hydroxylation is 1. The predicted molar refractivity (Wildman–Crippen MR) is 139 cm³/mol. The van der Waals surface area contributed by atoms with Crippen LogP contribution in [0.1, 0.15) is 29.1 Å². The number of anilines is 2. The fraction of sp³-hybridized carbons (Fsp3) is 0.192. The van der Waals surface area contributed by atoms with Gasteiger partial charge in [0.1, 0.15) is 5.75 Å². The molecule has 8 heteroatoms. The Bertz CT molecular complexity index is 1430. The Balaban J connectivity index is 1.63. The number of benzene rings is 3. The highest BCUT2D eigenvalue weighted by Gasteiger charge is 2.24. The van der Waals surface area contributed by atoms with Gasteiger partial charge in [-0.05, 0) is 78.9 Å². The molecule has 0 spiro atoms. The molecule has 176 valence electrons. The fourth-order valence-corrected chi connectivity index (χ4v) is 6.20. The Kier molecular flexibility index (Phi) is 6.90. The van der Waals surface area contributed by atoms with Crippen LogP contribution in [0.4, 0.5) is 11.4 Å². The van der Waals surface area contributed by atoms with Crippen molar-refractivity contribution in [3.63, 3.8) is 0 Å². The second kappa shape index (κ2) is 9.87. The molecule has 0 bridgehead atoms. The number of nitrogens with zero attached hydrogens (tertiary/aromatic N) is 1. The van der Waals surface area contributed by atoms with Crippen molar-refractivity contribution in [1.82, 2.24) is 0 Å². The number of amides is 1. The number of rotatable bonds is 8. The molecular weight excluding hydrogens is 468 g/mol. The van der Waals surface area contributed by atoms with Crippen LogP contribution < -0.4 is 14.4 Å². The van der Waals surface area contributed by atoms with E-state index in [1.54, 1.807) is 31.2 Å². The van der Waals surface area contributed by atoms with Crippen LogP contribution in [0, 0.1) is 0 Å². The van der Waals surface area contributed by atoms with Gasteiger partial charge in [0.15, 0.2) is 0 Å². The van der Waals surface area contributed by atoms with Crippen LogP contribution in [0.15, 0.2) is 77.7 Å². The van der Waals surface area contributed by atoms with E-state index in [0.717, 1.165) is 27.8 Å². The van der Waals surface area contributed by atoms with Crippen LogP contribution in [0.5, 0.6) is 5.75 Å². The van der Waals surface area contributed by atoms with Gasteiger partial charge in [-0.1, -0.05) is 25.1 Å². The summed E-state index contributed by atoms with van der Waals surface area (Å²) in [5.41, 5.74) is 2.42. The summed E-state index contributed by atoms with van der Waals surface area (Å²) in [6, 6.07) is 21.3. The summed E-state index contributed by atoms with van der Waals surface area (Å²) in [6.45, 7) is 4.11. The van der Waals surface area contributed by atoms with Crippen LogP contribution in [0.3, 0.4) is 0 Å². The SMILES string of the molecule is CCc1ccccc1NC(=O)c1cc2cc(N(CC)S(=O)(=O)c3ccc(OC)cc3)ccc2s1. The van der Waals surface area contributed by atoms with Gasteiger partial charge < -0.3 is 10.1 Å². The third kappa shape index (κ3) is 4.64. The molecule has 0 atom stereocenters. The number of methoxy groups -OCH3 is 1. The van der Waals surface area contributed by atoms with Crippen LogP contribution >= 0.6 is 11.3 Å². The second-order valence-electron chi connectivity index (χ2n) is 7.64. The minimum absolute atomic E-state index is 0.179. The molecule has 0 radical (unpaired) electrons. The van der Waals surface area contributed by atoms with Crippen LogP contribution in [0.2, 0.25) is 0 Å². The molecule has 6 nitrogen and oxygen atoms in total. The number of nitrogens with one attached hydrogen (secondary N) is 1. The van der Waals surface area contributed by atoms with Gasteiger partial charge in [0.25, 0.3) is 15.9 Å². The zero-order chi connectivity index (χ0) is 24.3. The third-order valence-electron chi connectivity index (χ3n) is 5.59. The maximum absolute atomic E-state index is 13.3. The van der Waals surface area contributed by atoms with Gasteiger partial charge in [-0.3, -0.25) is 9.10 Å². The van der Waals surface area contributed by atoms with Crippen molar-refractivity contribution in [2.75, 3.05) is 23.3 Å². The molecule has 0 fully saturated rings. The van der Waals surface area contributed by atoms with E-state index in [0.29, 0.717) is 16.3 Å². The van der Waals surface area contributed by atoms with Gasteiger partial charge in [0.05, 0.1) is 22.6 Å². The summed E-state index contributed by atoms with van der Waals surface area (Å²) in [4.78, 5) is 13.7. The van der Waals surface area contributed by atoms with E-state index in [2.05, 4.69) is 5.32 Å². The number of fused-ring (bicyclic) bond motifs is 1. The Morgan fingerprint density at radius 2 is 1.74 bits per heavy atom. The number of carbonyl (C=O) groups excluding carboxylic acids is 1. The summed E-state index contributed by atoms with van der Waals surface area (Å²) in [5, 5.41) is 3.82. The van der Waals surface area contributed by atoms with Gasteiger partial charge in [0.2, 0.25) is 0 Å². The molecule has 3 aromatic carbocycles. The normalized spacial score (nSPS) is 11.4. The molecule has 0 aliphatic rings. The average Bonchev–Trinajstić information content (AvgIpc) is 3.28. The van der Waals surface area contributed by atoms with E-state index in [9.17, 15) is 13.2 Å². The first kappa shape index (κ1) is 23.8. The zero-order valence-electron chi connectivity index (χ0n) is 19.2. The lowest BCUT2D eigenvalue weighted by Crippen LogP contribution is -2.30. The molecule has 0 saturated carbocycles. The molecule has 1 aromatic heterocycles. The fourth-order valence-electron chi connectivity index (χ4n) is 3.80. The maximum Gasteiger partial charge on any atom is 0.265 e. The van der Waals surface area contributed by atoms with Gasteiger partial charge >= 0.3 is 0 Å². The molecule has 1 amide bonds. The molecule has 0 unspecified atom stereocenters. The van der Waals surface area contributed by atoms with Gasteiger partial charge in [0, 0.05) is 16.9 Å². The highest BCUT2D eigenvalue weighted by Crippen LogP contribution is 2.32. The summed E-state index contributed by atoms with van der Waals surface area (Å²) >= 11 is 1.38. The first-order valence-corrected chi connectivity index (χ1v) is 13.2. The van der Waals surface area contributed by atoms with Crippen molar-refractivity contribution in [1.29, 1.82) is 0 Å². The molecule has 0 saturated heterocycles. The number of sulfonamides is 1. The molecule has 0 aliphatic carbocycles. The quantitative estimate of drug-likeness (QED) is 0.329. The third-order valence-corrected chi connectivity index (χ3v) is 8.62. The van der Waals surface area contributed by atoms with Crippen molar-refractivity contribution in [2.45, 2.75) is 25.2 Å². The van der Waals surface area contributed by atoms with Gasteiger partial charge in [-0.2, -0.15) is 0 Å². The zero-order valence-corrected chi connectivity index (χ0v) is 20.9. The van der Waals surface area contributed by atoms with Crippen molar-refractivity contribution in [3.05, 3.63) is 83.2 Å². The van der Waals surface area contributed by atoms with Crippen LogP contribution in [-0.2, 0) is 16.4 Å². The highest BCUT2D eigenvalue weighted by molar-refractivity contribution is 7.92. The topological polar surface area (TPSA) is 75.7 Å². The van der Waals surface area contributed by atoms with Crippen molar-refractivity contribution in [3.8, 4) is 5.75 Å². The number of carbonyl (C=O) groups is 1. The summed E-state index contributed by atoms with van der Waals surface area (Å²) in [5.74, 6) is 0.413. The molecular formula is C26H26N2O4S2. The summed E-state index contributed by atoms with van der Waals surface area (Å²) < 4.78 is 34.0. The second-order valence-corrected chi connectivity index (χ2v) is 10.6. The lowest BCUT2D eigenvalue weighted by atomic mass is 10.1. The molecule has 34 heavy (non-hydrogen) atoms. The Hall–Kier alpha value is -3.36. The van der Waals surface area contributed by atoms with E-state index >= 15 is 0 Å². The summed E-state index contributed by atoms with van der Waals surface area (Å²) in [7, 11) is -2.22. The number of hydrogen-bond donors (Lipinski definition) is 1. The van der Waals surface area contributed by atoms with E-state index in [-0.39, 0.29) is 17.3 Å². The standard InChI is InChI=1S/C26H26N2O4S2/c1-4-18-8-6-7-9-23(18)27-26(29)25-17-19-16-20(10-15-24(19)33-25)28(5-2)34(30,31)22-13-11-21(32-3)12-14-22/h6-17H,4-5H2,1-3H3,(H,27,29). The highest BCUT2D eigenvalue weighted by atomic mass is 32.2. The number of ether oxygens (including phenoxy) is 1. The van der Waals surface area contributed by atoms with Gasteiger partial charge in [-0.25, -0.2) is 8.42 Å². The van der Waals surface area contributed by atoms with E-state index in [1.165, 1.54) is 34.9 Å². The number of hydrogen-bond acceptors (Lipinski definition) is 5. The minimum atomic E-state index is -3.75. The smallest absolute Gasteiger partial charge is 0.265 e. The molecule has 4 rings (SSSR count). The Morgan fingerprint density at radius 1 is 1.00 bits per heavy atom. The lowest BCUT2D eigenvalue weighted by molar-refractivity contribution is 0.103. The average molecular weight is 495 g/mol. The molecule has 1 N–H and O–H groups in total. The predicted octanol–water partition coefficient (Wildman–Crippen LogP) is 5.94. The van der Waals surface area contributed by atoms with Crippen molar-refractivity contribution in [2.24, 2.45) is 0 Å². The largest absolute Gasteiger partial charge is 0.497 e. The van der Waals surface area contributed by atoms with E-state index in [1.807, 2.05) is 43.3 Å². The first-order chi connectivity index (χ1) is 16.4. The minimum Gasteiger partial charge on any atom is -0.497 e. The molecule has 4 aromatic rings. The van der Waals surface area contributed by atoms with Gasteiger partial charge in [-0.15, -0.1) is 11.3 Å². The number of thiophene rings is 1. The van der Waals surface area contributed by atoms with Crippen molar-refractivity contribution >= 4 is 48.7 Å². The number of para-hydroxylation sites is 1. The Morgan fingerprint density at radius 3 is 2.41 bits per heavy atom. The maximum atomic E-state index is 13.3. The van der Waals surface area contributed by atoms with E-state index in [4.69, 9.17) is 4.74 Å². The molecule has 0 aliphatic heterocycles. The monoisotopic (exact) mass is 494 g/mol. The van der Waals surface area contributed by atoms with Crippen LogP contribution in [-0.4, -0.2) is 28.0 Å². The Labute approximate surface area is 203 Å².